The van der Waals surface area contributed by atoms with Gasteiger partial charge in [-0.15, -0.1) is 0 Å². The lowest BCUT2D eigenvalue weighted by atomic mass is 10.0. The highest BCUT2D eigenvalue weighted by atomic mass is 16.5. The van der Waals surface area contributed by atoms with Gasteiger partial charge in [0.2, 0.25) is 0 Å². The van der Waals surface area contributed by atoms with Crippen LogP contribution >= 0.6 is 0 Å². The van der Waals surface area contributed by atoms with E-state index in [2.05, 4.69) is 0 Å². The minimum atomic E-state index is -0.854. The van der Waals surface area contributed by atoms with E-state index in [9.17, 15) is 9.59 Å². The van der Waals surface area contributed by atoms with Crippen LogP contribution in [-0.4, -0.2) is 42.1 Å². The van der Waals surface area contributed by atoms with Crippen molar-refractivity contribution >= 4 is 22.6 Å². The molecule has 0 aliphatic carbocycles. The molecule has 0 unspecified atom stereocenters. The Morgan fingerprint density at radius 1 is 0.885 bits per heavy atom. The van der Waals surface area contributed by atoms with E-state index in [-0.39, 0.29) is 18.0 Å². The third-order valence-electron chi connectivity index (χ3n) is 4.32. The molecule has 0 N–H and O–H groups in total. The number of esters is 1. The fourth-order valence-corrected chi connectivity index (χ4v) is 3.22. The van der Waals surface area contributed by atoms with Crippen LogP contribution < -0.4 is 4.74 Å². The Balaban J connectivity index is 2.28. The Kier molecular flexibility index (Phi) is 6.24. The number of rotatable bonds is 6. The van der Waals surface area contributed by atoms with Crippen molar-refractivity contribution in [3.05, 3.63) is 42.0 Å². The van der Waals surface area contributed by atoms with Gasteiger partial charge < -0.3 is 14.4 Å². The maximum Gasteiger partial charge on any atom is 0.339 e. The summed E-state index contributed by atoms with van der Waals surface area (Å²) in [5, 5.41) is 1.57. The zero-order chi connectivity index (χ0) is 19.4. The first-order chi connectivity index (χ1) is 12.3. The van der Waals surface area contributed by atoms with E-state index in [0.29, 0.717) is 11.3 Å². The Morgan fingerprint density at radius 2 is 1.46 bits per heavy atom. The Hall–Kier alpha value is -2.56. The molecule has 0 bridgehead atoms. The second-order valence-electron chi connectivity index (χ2n) is 6.84. The van der Waals surface area contributed by atoms with Crippen molar-refractivity contribution in [3.8, 4) is 5.75 Å². The van der Waals surface area contributed by atoms with Crippen molar-refractivity contribution in [1.82, 2.24) is 4.90 Å². The highest BCUT2D eigenvalue weighted by Crippen LogP contribution is 2.29. The van der Waals surface area contributed by atoms with E-state index >= 15 is 0 Å². The summed E-state index contributed by atoms with van der Waals surface area (Å²) in [6.45, 7) is 9.41. The second kappa shape index (κ2) is 8.21. The predicted octanol–water partition coefficient (Wildman–Crippen LogP) is 4.04. The van der Waals surface area contributed by atoms with Crippen LogP contribution in [0.1, 0.15) is 45.0 Å². The SMILES string of the molecule is COc1ccc(C(=O)O[C@@H](C)C(=O)N(C(C)C)C(C)C)c2ccccc12. The van der Waals surface area contributed by atoms with E-state index in [1.807, 2.05) is 52.0 Å². The summed E-state index contributed by atoms with van der Waals surface area (Å²) in [5.41, 5.74) is 0.418. The molecular weight excluding hydrogens is 330 g/mol. The summed E-state index contributed by atoms with van der Waals surface area (Å²) in [6.07, 6.45) is -0.854. The normalized spacial score (nSPS) is 12.3. The molecule has 0 aliphatic rings. The van der Waals surface area contributed by atoms with Crippen LogP contribution in [0.5, 0.6) is 5.75 Å². The van der Waals surface area contributed by atoms with Gasteiger partial charge in [0.15, 0.2) is 6.10 Å². The zero-order valence-corrected chi connectivity index (χ0v) is 16.3. The zero-order valence-electron chi connectivity index (χ0n) is 16.3. The van der Waals surface area contributed by atoms with Crippen molar-refractivity contribution in [1.29, 1.82) is 0 Å². The van der Waals surface area contributed by atoms with Gasteiger partial charge in [0, 0.05) is 17.5 Å². The molecule has 0 aromatic heterocycles. The van der Waals surface area contributed by atoms with Crippen LogP contribution in [0.15, 0.2) is 36.4 Å². The lowest BCUT2D eigenvalue weighted by Crippen LogP contribution is -2.47. The first kappa shape index (κ1) is 19.8. The maximum absolute atomic E-state index is 12.7. The molecule has 0 spiro atoms. The van der Waals surface area contributed by atoms with Gasteiger partial charge in [0.25, 0.3) is 5.91 Å². The van der Waals surface area contributed by atoms with Crippen LogP contribution in [0.3, 0.4) is 0 Å². The minimum Gasteiger partial charge on any atom is -0.496 e. The molecule has 0 radical (unpaired) electrons. The standard InChI is InChI=1S/C21H27NO4/c1-13(2)22(14(3)4)20(23)15(5)26-21(24)18-11-12-19(25-6)17-10-8-7-9-16(17)18/h7-15H,1-6H3/t15-/m0/s1. The van der Waals surface area contributed by atoms with Gasteiger partial charge in [-0.3, -0.25) is 4.79 Å². The van der Waals surface area contributed by atoms with Gasteiger partial charge in [-0.25, -0.2) is 4.79 Å². The molecule has 0 aliphatic heterocycles. The summed E-state index contributed by atoms with van der Waals surface area (Å²) in [7, 11) is 1.59. The van der Waals surface area contributed by atoms with Crippen LogP contribution in [-0.2, 0) is 9.53 Å². The maximum atomic E-state index is 12.7. The largest absolute Gasteiger partial charge is 0.496 e. The average Bonchev–Trinajstić information content (AvgIpc) is 2.59. The van der Waals surface area contributed by atoms with Crippen molar-refractivity contribution in [2.45, 2.75) is 52.8 Å². The third kappa shape index (κ3) is 3.98. The minimum absolute atomic E-state index is 0.0328. The third-order valence-corrected chi connectivity index (χ3v) is 4.32. The fourth-order valence-electron chi connectivity index (χ4n) is 3.22. The molecular formula is C21H27NO4. The molecule has 26 heavy (non-hydrogen) atoms. The molecule has 1 atom stereocenters. The number of ether oxygens (including phenoxy) is 2. The molecule has 2 aromatic rings. The van der Waals surface area contributed by atoms with Crippen LogP contribution in [0.2, 0.25) is 0 Å². The molecule has 5 nitrogen and oxygen atoms in total. The van der Waals surface area contributed by atoms with E-state index in [1.54, 1.807) is 31.1 Å². The van der Waals surface area contributed by atoms with Crippen molar-refractivity contribution < 1.29 is 19.1 Å². The number of nitrogens with zero attached hydrogens (tertiary/aromatic N) is 1. The van der Waals surface area contributed by atoms with Crippen LogP contribution in [0, 0.1) is 0 Å². The van der Waals surface area contributed by atoms with Gasteiger partial charge in [0.1, 0.15) is 5.75 Å². The molecule has 0 saturated carbocycles. The summed E-state index contributed by atoms with van der Waals surface area (Å²) >= 11 is 0. The summed E-state index contributed by atoms with van der Waals surface area (Å²) in [6, 6.07) is 10.9. The Bertz CT molecular complexity index is 790. The lowest BCUT2D eigenvalue weighted by molar-refractivity contribution is -0.143. The monoisotopic (exact) mass is 357 g/mol. The first-order valence-corrected chi connectivity index (χ1v) is 8.86. The summed E-state index contributed by atoms with van der Waals surface area (Å²) in [4.78, 5) is 27.1. The second-order valence-corrected chi connectivity index (χ2v) is 6.84. The topological polar surface area (TPSA) is 55.8 Å². The molecule has 0 saturated heterocycles. The van der Waals surface area contributed by atoms with Gasteiger partial charge in [-0.1, -0.05) is 24.3 Å². The van der Waals surface area contributed by atoms with E-state index in [1.165, 1.54) is 0 Å². The van der Waals surface area contributed by atoms with Crippen molar-refractivity contribution in [2.75, 3.05) is 7.11 Å². The number of fused-ring (bicyclic) bond motifs is 1. The predicted molar refractivity (Wildman–Crippen MR) is 102 cm³/mol. The number of carbonyl (C=O) groups excluding carboxylic acids is 2. The van der Waals surface area contributed by atoms with Crippen LogP contribution in [0.25, 0.3) is 10.8 Å². The molecule has 2 aromatic carbocycles. The van der Waals surface area contributed by atoms with Gasteiger partial charge in [-0.05, 0) is 52.1 Å². The number of benzene rings is 2. The van der Waals surface area contributed by atoms with Gasteiger partial charge >= 0.3 is 5.97 Å². The number of hydrogen-bond donors (Lipinski definition) is 0. The van der Waals surface area contributed by atoms with Crippen LogP contribution in [0.4, 0.5) is 0 Å². The van der Waals surface area contributed by atoms with E-state index in [4.69, 9.17) is 9.47 Å². The molecule has 0 heterocycles. The summed E-state index contributed by atoms with van der Waals surface area (Å²) in [5.74, 6) is -0.0228. The quantitative estimate of drug-likeness (QED) is 0.732. The highest BCUT2D eigenvalue weighted by Gasteiger charge is 2.28. The summed E-state index contributed by atoms with van der Waals surface area (Å²) < 4.78 is 10.8. The number of amides is 1. The van der Waals surface area contributed by atoms with E-state index in [0.717, 1.165) is 10.8 Å². The molecule has 140 valence electrons. The number of methoxy groups -OCH3 is 1. The molecule has 0 fully saturated rings. The Labute approximate surface area is 154 Å². The molecule has 5 heteroatoms. The molecule has 2 rings (SSSR count). The van der Waals surface area contributed by atoms with Crippen molar-refractivity contribution in [2.24, 2.45) is 0 Å². The number of hydrogen-bond acceptors (Lipinski definition) is 4. The highest BCUT2D eigenvalue weighted by molar-refractivity contribution is 6.07. The fraction of sp³-hybridized carbons (Fsp3) is 0.429. The lowest BCUT2D eigenvalue weighted by Gasteiger charge is -2.32. The van der Waals surface area contributed by atoms with Crippen molar-refractivity contribution in [3.63, 3.8) is 0 Å². The Morgan fingerprint density at radius 3 is 2.00 bits per heavy atom. The smallest absolute Gasteiger partial charge is 0.339 e. The molecule has 1 amide bonds. The van der Waals surface area contributed by atoms with E-state index < -0.39 is 12.1 Å². The number of carbonyl (C=O) groups is 2. The van der Waals surface area contributed by atoms with Gasteiger partial charge in [-0.2, -0.15) is 0 Å². The van der Waals surface area contributed by atoms with Gasteiger partial charge in [0.05, 0.1) is 12.7 Å². The first-order valence-electron chi connectivity index (χ1n) is 8.86. The average molecular weight is 357 g/mol.